The van der Waals surface area contributed by atoms with Crippen LogP contribution in [-0.2, 0) is 13.1 Å². The lowest BCUT2D eigenvalue weighted by atomic mass is 9.89. The van der Waals surface area contributed by atoms with Crippen molar-refractivity contribution in [1.82, 2.24) is 15.1 Å². The molecular formula is C18H25ClN4. The quantitative estimate of drug-likeness (QED) is 0.813. The van der Waals surface area contributed by atoms with Crippen molar-refractivity contribution < 1.29 is 0 Å². The number of anilines is 2. The zero-order valence-corrected chi connectivity index (χ0v) is 14.4. The molecule has 1 aromatic carbocycles. The Kier molecular flexibility index (Phi) is 5.57. The Morgan fingerprint density at radius 1 is 1.17 bits per heavy atom. The molecule has 23 heavy (non-hydrogen) atoms. The molecule has 1 aromatic heterocycles. The molecule has 2 N–H and O–H groups in total. The Labute approximate surface area is 143 Å². The zero-order valence-electron chi connectivity index (χ0n) is 13.7. The van der Waals surface area contributed by atoms with Crippen LogP contribution in [0.4, 0.5) is 11.5 Å². The van der Waals surface area contributed by atoms with Gasteiger partial charge in [0.15, 0.2) is 0 Å². The average Bonchev–Trinajstić information content (AvgIpc) is 2.92. The van der Waals surface area contributed by atoms with Gasteiger partial charge in [-0.2, -0.15) is 5.10 Å². The fourth-order valence-electron chi connectivity index (χ4n) is 3.27. The number of nitrogens with one attached hydrogen (secondary N) is 2. The van der Waals surface area contributed by atoms with E-state index in [0.29, 0.717) is 0 Å². The van der Waals surface area contributed by atoms with E-state index in [9.17, 15) is 0 Å². The Balaban J connectivity index is 1.77. The lowest BCUT2D eigenvalue weighted by Gasteiger charge is -2.22. The predicted molar refractivity (Wildman–Crippen MR) is 96.3 cm³/mol. The summed E-state index contributed by atoms with van der Waals surface area (Å²) in [4.78, 5) is 0. The molecule has 4 nitrogen and oxygen atoms in total. The normalized spacial score (nSPS) is 15.7. The first kappa shape index (κ1) is 16.3. The topological polar surface area (TPSA) is 41.9 Å². The molecule has 1 saturated carbocycles. The maximum absolute atomic E-state index is 5.97. The molecule has 0 atom stereocenters. The molecule has 0 aliphatic heterocycles. The van der Waals surface area contributed by atoms with Crippen molar-refractivity contribution in [3.63, 3.8) is 0 Å². The molecule has 1 heterocycles. The molecule has 0 radical (unpaired) electrons. The summed E-state index contributed by atoms with van der Waals surface area (Å²) in [5, 5.41) is 12.2. The smallest absolute Gasteiger partial charge is 0.128 e. The second-order valence-electron chi connectivity index (χ2n) is 6.37. The number of nitrogens with zero attached hydrogens (tertiary/aromatic N) is 2. The molecule has 1 fully saturated rings. The largest absolute Gasteiger partial charge is 0.340 e. The van der Waals surface area contributed by atoms with E-state index in [0.717, 1.165) is 41.2 Å². The van der Waals surface area contributed by atoms with Crippen molar-refractivity contribution in [2.75, 3.05) is 12.4 Å². The van der Waals surface area contributed by atoms with E-state index in [-0.39, 0.29) is 0 Å². The molecule has 3 rings (SSSR count). The van der Waals surface area contributed by atoms with Crippen molar-refractivity contribution in [2.45, 2.75) is 45.2 Å². The van der Waals surface area contributed by atoms with Gasteiger partial charge in [-0.15, -0.1) is 0 Å². The summed E-state index contributed by atoms with van der Waals surface area (Å²) in [6, 6.07) is 9.93. The van der Waals surface area contributed by atoms with Crippen LogP contribution in [0.5, 0.6) is 0 Å². The first-order valence-corrected chi connectivity index (χ1v) is 8.86. The van der Waals surface area contributed by atoms with Gasteiger partial charge in [0.2, 0.25) is 0 Å². The first-order chi connectivity index (χ1) is 11.2. The van der Waals surface area contributed by atoms with E-state index in [2.05, 4.69) is 21.4 Å². The molecular weight excluding hydrogens is 308 g/mol. The highest BCUT2D eigenvalue weighted by Gasteiger charge is 2.17. The van der Waals surface area contributed by atoms with Crippen molar-refractivity contribution >= 4 is 23.1 Å². The molecule has 0 saturated heterocycles. The second kappa shape index (κ2) is 7.84. The SMILES string of the molecule is CNCc1cc(Nc2ccc(Cl)cc2)n(CC2CCCCC2)n1. The highest BCUT2D eigenvalue weighted by molar-refractivity contribution is 6.30. The van der Waals surface area contributed by atoms with Gasteiger partial charge in [-0.25, -0.2) is 4.68 Å². The molecule has 0 spiro atoms. The fourth-order valence-corrected chi connectivity index (χ4v) is 3.40. The van der Waals surface area contributed by atoms with Crippen molar-refractivity contribution in [3.8, 4) is 0 Å². The summed E-state index contributed by atoms with van der Waals surface area (Å²) in [5.41, 5.74) is 2.11. The number of rotatable bonds is 6. The second-order valence-corrected chi connectivity index (χ2v) is 6.81. The third-order valence-electron chi connectivity index (χ3n) is 4.46. The Hall–Kier alpha value is -1.52. The van der Waals surface area contributed by atoms with Crippen LogP contribution >= 0.6 is 11.6 Å². The van der Waals surface area contributed by atoms with Crippen molar-refractivity contribution in [2.24, 2.45) is 5.92 Å². The highest BCUT2D eigenvalue weighted by Crippen LogP contribution is 2.27. The van der Waals surface area contributed by atoms with Gasteiger partial charge in [0.25, 0.3) is 0 Å². The van der Waals surface area contributed by atoms with Gasteiger partial charge in [-0.1, -0.05) is 30.9 Å². The number of halogens is 1. The molecule has 0 amide bonds. The van der Waals surface area contributed by atoms with Gasteiger partial charge in [-0.05, 0) is 50.1 Å². The van der Waals surface area contributed by atoms with Crippen LogP contribution in [0.2, 0.25) is 5.02 Å². The van der Waals surface area contributed by atoms with Crippen LogP contribution in [0, 0.1) is 5.92 Å². The summed E-state index contributed by atoms with van der Waals surface area (Å²) in [7, 11) is 1.95. The summed E-state index contributed by atoms with van der Waals surface area (Å²) >= 11 is 5.97. The van der Waals surface area contributed by atoms with E-state index < -0.39 is 0 Å². The zero-order chi connectivity index (χ0) is 16.1. The summed E-state index contributed by atoms with van der Waals surface area (Å²) in [6.07, 6.45) is 6.74. The van der Waals surface area contributed by atoms with Gasteiger partial charge in [0, 0.05) is 29.9 Å². The number of benzene rings is 1. The maximum atomic E-state index is 5.97. The van der Waals surface area contributed by atoms with Crippen molar-refractivity contribution in [3.05, 3.63) is 41.0 Å². The van der Waals surface area contributed by atoms with E-state index in [4.69, 9.17) is 16.7 Å². The number of aromatic nitrogens is 2. The average molecular weight is 333 g/mol. The molecule has 1 aliphatic rings. The number of hydrogen-bond donors (Lipinski definition) is 2. The Morgan fingerprint density at radius 2 is 1.91 bits per heavy atom. The molecule has 0 bridgehead atoms. The van der Waals surface area contributed by atoms with Crippen molar-refractivity contribution in [1.29, 1.82) is 0 Å². The van der Waals surface area contributed by atoms with Crippen LogP contribution in [0.1, 0.15) is 37.8 Å². The summed E-state index contributed by atoms with van der Waals surface area (Å²) in [5.74, 6) is 1.81. The minimum atomic E-state index is 0.747. The summed E-state index contributed by atoms with van der Waals surface area (Å²) in [6.45, 7) is 1.78. The Morgan fingerprint density at radius 3 is 2.61 bits per heavy atom. The Bertz CT molecular complexity index is 614. The molecule has 124 valence electrons. The van der Waals surface area contributed by atoms with Crippen LogP contribution < -0.4 is 10.6 Å². The molecule has 0 unspecified atom stereocenters. The standard InChI is InChI=1S/C18H25ClN4/c1-20-12-17-11-18(21-16-9-7-15(19)8-10-16)23(22-17)13-14-5-3-2-4-6-14/h7-11,14,20-21H,2-6,12-13H2,1H3. The van der Waals surface area contributed by atoms with Gasteiger partial charge < -0.3 is 10.6 Å². The molecule has 2 aromatic rings. The number of hydrogen-bond acceptors (Lipinski definition) is 3. The minimum Gasteiger partial charge on any atom is -0.340 e. The first-order valence-electron chi connectivity index (χ1n) is 8.48. The van der Waals surface area contributed by atoms with E-state index >= 15 is 0 Å². The van der Waals surface area contributed by atoms with Crippen LogP contribution in [-0.4, -0.2) is 16.8 Å². The van der Waals surface area contributed by atoms with Gasteiger partial charge in [0.05, 0.1) is 5.69 Å². The van der Waals surface area contributed by atoms with E-state index in [1.54, 1.807) is 0 Å². The van der Waals surface area contributed by atoms with Gasteiger partial charge >= 0.3 is 0 Å². The molecule has 1 aliphatic carbocycles. The van der Waals surface area contributed by atoms with Crippen LogP contribution in [0.3, 0.4) is 0 Å². The molecule has 5 heteroatoms. The third-order valence-corrected chi connectivity index (χ3v) is 4.71. The lowest BCUT2D eigenvalue weighted by Crippen LogP contribution is -2.17. The monoisotopic (exact) mass is 332 g/mol. The van der Waals surface area contributed by atoms with Crippen LogP contribution in [0.25, 0.3) is 0 Å². The minimum absolute atomic E-state index is 0.747. The summed E-state index contributed by atoms with van der Waals surface area (Å²) < 4.78 is 2.14. The fraction of sp³-hybridized carbons (Fsp3) is 0.500. The highest BCUT2D eigenvalue weighted by atomic mass is 35.5. The van der Waals surface area contributed by atoms with Crippen LogP contribution in [0.15, 0.2) is 30.3 Å². The van der Waals surface area contributed by atoms with Gasteiger partial charge in [-0.3, -0.25) is 0 Å². The van der Waals surface area contributed by atoms with E-state index in [1.165, 1.54) is 32.1 Å². The maximum Gasteiger partial charge on any atom is 0.128 e. The predicted octanol–water partition coefficient (Wildman–Crippen LogP) is 4.58. The van der Waals surface area contributed by atoms with Gasteiger partial charge in [0.1, 0.15) is 5.82 Å². The lowest BCUT2D eigenvalue weighted by molar-refractivity contribution is 0.309. The third kappa shape index (κ3) is 4.49. The van der Waals surface area contributed by atoms with E-state index in [1.807, 2.05) is 31.3 Å².